The van der Waals surface area contributed by atoms with E-state index in [-0.39, 0.29) is 24.8 Å². The van der Waals surface area contributed by atoms with E-state index in [9.17, 15) is 14.0 Å². The van der Waals surface area contributed by atoms with Crippen LogP contribution in [-0.2, 0) is 29.0 Å². The van der Waals surface area contributed by atoms with Crippen molar-refractivity contribution in [2.24, 2.45) is 0 Å². The van der Waals surface area contributed by atoms with Gasteiger partial charge in [-0.15, -0.1) is 0 Å². The summed E-state index contributed by atoms with van der Waals surface area (Å²) in [6.07, 6.45) is 0.181. The van der Waals surface area contributed by atoms with E-state index in [2.05, 4.69) is 5.32 Å². The van der Waals surface area contributed by atoms with E-state index in [1.807, 2.05) is 75.4 Å². The molecule has 0 saturated heterocycles. The zero-order chi connectivity index (χ0) is 25.4. The van der Waals surface area contributed by atoms with Crippen molar-refractivity contribution >= 4 is 11.8 Å². The fourth-order valence-electron chi connectivity index (χ4n) is 3.88. The highest BCUT2D eigenvalue weighted by Crippen LogP contribution is 2.20. The van der Waals surface area contributed by atoms with Crippen LogP contribution in [0.1, 0.15) is 37.5 Å². The van der Waals surface area contributed by atoms with Gasteiger partial charge in [-0.3, -0.25) is 9.59 Å². The Morgan fingerprint density at radius 3 is 2.26 bits per heavy atom. The Morgan fingerprint density at radius 1 is 0.943 bits per heavy atom. The Morgan fingerprint density at radius 2 is 1.60 bits per heavy atom. The molecule has 3 aromatic carbocycles. The number of ether oxygens (including phenoxy) is 1. The highest BCUT2D eigenvalue weighted by molar-refractivity contribution is 5.89. The molecular weight excluding hydrogens is 443 g/mol. The van der Waals surface area contributed by atoms with E-state index in [0.29, 0.717) is 17.7 Å². The Kier molecular flexibility index (Phi) is 8.63. The molecule has 0 aliphatic rings. The molecule has 1 N–H and O–H groups in total. The monoisotopic (exact) mass is 476 g/mol. The molecule has 0 radical (unpaired) electrons. The number of hydrogen-bond donors (Lipinski definition) is 1. The molecule has 1 atom stereocenters. The summed E-state index contributed by atoms with van der Waals surface area (Å²) in [5.74, 6) is -0.377. The largest absolute Gasteiger partial charge is 0.497 e. The van der Waals surface area contributed by atoms with Gasteiger partial charge < -0.3 is 15.0 Å². The maximum absolute atomic E-state index is 14.4. The van der Waals surface area contributed by atoms with Crippen LogP contribution in [0.25, 0.3) is 0 Å². The second-order valence-corrected chi connectivity index (χ2v) is 9.59. The van der Waals surface area contributed by atoms with Crippen LogP contribution in [-0.4, -0.2) is 35.4 Å². The summed E-state index contributed by atoms with van der Waals surface area (Å²) in [6.45, 7) is 5.88. The van der Waals surface area contributed by atoms with Gasteiger partial charge in [-0.25, -0.2) is 4.39 Å². The van der Waals surface area contributed by atoms with Crippen LogP contribution < -0.4 is 10.1 Å². The van der Waals surface area contributed by atoms with E-state index in [1.165, 1.54) is 6.07 Å². The van der Waals surface area contributed by atoms with Crippen molar-refractivity contribution in [2.45, 2.75) is 51.7 Å². The van der Waals surface area contributed by atoms with Crippen LogP contribution in [0.2, 0.25) is 0 Å². The third-order valence-electron chi connectivity index (χ3n) is 5.56. The van der Waals surface area contributed by atoms with E-state index in [4.69, 9.17) is 4.74 Å². The molecule has 3 rings (SSSR count). The third kappa shape index (κ3) is 7.67. The van der Waals surface area contributed by atoms with E-state index in [0.717, 1.165) is 11.1 Å². The third-order valence-corrected chi connectivity index (χ3v) is 5.56. The number of amides is 2. The minimum Gasteiger partial charge on any atom is -0.497 e. The molecule has 6 heteroatoms. The molecule has 1 unspecified atom stereocenters. The Labute approximate surface area is 206 Å². The SMILES string of the molecule is COc1cccc(CN(C(=O)Cc2ccccc2F)C(Cc2ccccc2)C(=O)NC(C)(C)C)c1. The molecule has 0 aromatic heterocycles. The lowest BCUT2D eigenvalue weighted by Gasteiger charge is -2.34. The molecule has 2 amide bonds. The van der Waals surface area contributed by atoms with Gasteiger partial charge in [-0.1, -0.05) is 60.7 Å². The zero-order valence-corrected chi connectivity index (χ0v) is 20.8. The first-order valence-corrected chi connectivity index (χ1v) is 11.7. The van der Waals surface area contributed by atoms with Crippen molar-refractivity contribution < 1.29 is 18.7 Å². The molecule has 0 bridgehead atoms. The summed E-state index contributed by atoms with van der Waals surface area (Å²) in [7, 11) is 1.58. The van der Waals surface area contributed by atoms with Gasteiger partial charge in [0.15, 0.2) is 0 Å². The number of nitrogens with zero attached hydrogens (tertiary/aromatic N) is 1. The smallest absolute Gasteiger partial charge is 0.243 e. The van der Waals surface area contributed by atoms with Gasteiger partial charge in [0.1, 0.15) is 17.6 Å². The van der Waals surface area contributed by atoms with Gasteiger partial charge >= 0.3 is 0 Å². The second kappa shape index (κ2) is 11.6. The van der Waals surface area contributed by atoms with Crippen molar-refractivity contribution in [3.05, 3.63) is 101 Å². The lowest BCUT2D eigenvalue weighted by molar-refractivity contribution is -0.141. The van der Waals surface area contributed by atoms with E-state index in [1.54, 1.807) is 30.2 Å². The minimum atomic E-state index is -0.790. The van der Waals surface area contributed by atoms with E-state index < -0.39 is 17.4 Å². The first-order valence-electron chi connectivity index (χ1n) is 11.7. The Hall–Kier alpha value is -3.67. The highest BCUT2D eigenvalue weighted by atomic mass is 19.1. The predicted octanol–water partition coefficient (Wildman–Crippen LogP) is 4.93. The lowest BCUT2D eigenvalue weighted by Crippen LogP contribution is -2.54. The fourth-order valence-corrected chi connectivity index (χ4v) is 3.88. The van der Waals surface area contributed by atoms with Crippen LogP contribution in [0.5, 0.6) is 5.75 Å². The first-order chi connectivity index (χ1) is 16.7. The average molecular weight is 477 g/mol. The molecule has 0 aliphatic carbocycles. The fraction of sp³-hybridized carbons (Fsp3) is 0.310. The molecule has 0 saturated carbocycles. The Bertz CT molecular complexity index is 1140. The van der Waals surface area contributed by atoms with Crippen molar-refractivity contribution in [3.63, 3.8) is 0 Å². The summed E-state index contributed by atoms with van der Waals surface area (Å²) in [5, 5.41) is 3.03. The lowest BCUT2D eigenvalue weighted by atomic mass is 9.99. The maximum atomic E-state index is 14.4. The zero-order valence-electron chi connectivity index (χ0n) is 20.8. The molecule has 3 aromatic rings. The minimum absolute atomic E-state index is 0.148. The summed E-state index contributed by atoms with van der Waals surface area (Å²) in [4.78, 5) is 28.8. The summed E-state index contributed by atoms with van der Waals surface area (Å²) >= 11 is 0. The molecule has 35 heavy (non-hydrogen) atoms. The quantitative estimate of drug-likeness (QED) is 0.476. The standard InChI is InChI=1S/C29H33FN2O3/c1-29(2,3)31-28(34)26(18-21-11-6-5-7-12-21)32(20-22-13-10-15-24(17-22)35-4)27(33)19-23-14-8-9-16-25(23)30/h5-17,26H,18-20H2,1-4H3,(H,31,34). The first kappa shape index (κ1) is 25.9. The van der Waals surface area contributed by atoms with Crippen LogP contribution in [0, 0.1) is 5.82 Å². The van der Waals surface area contributed by atoms with Gasteiger partial charge in [0, 0.05) is 18.5 Å². The van der Waals surface area contributed by atoms with Crippen molar-refractivity contribution in [1.29, 1.82) is 0 Å². The number of rotatable bonds is 9. The number of carbonyl (C=O) groups excluding carboxylic acids is 2. The summed E-state index contributed by atoms with van der Waals surface area (Å²) in [5.41, 5.74) is 1.55. The summed E-state index contributed by atoms with van der Waals surface area (Å²) < 4.78 is 19.7. The summed E-state index contributed by atoms with van der Waals surface area (Å²) in [6, 6.07) is 22.4. The normalized spacial score (nSPS) is 12.0. The van der Waals surface area contributed by atoms with Gasteiger partial charge in [-0.05, 0) is 55.7 Å². The number of benzene rings is 3. The number of halogens is 1. The predicted molar refractivity (Wildman–Crippen MR) is 135 cm³/mol. The van der Waals surface area contributed by atoms with Gasteiger partial charge in [-0.2, -0.15) is 0 Å². The molecule has 0 spiro atoms. The number of methoxy groups -OCH3 is 1. The van der Waals surface area contributed by atoms with Crippen molar-refractivity contribution in [1.82, 2.24) is 10.2 Å². The van der Waals surface area contributed by atoms with Crippen LogP contribution >= 0.6 is 0 Å². The van der Waals surface area contributed by atoms with Gasteiger partial charge in [0.25, 0.3) is 0 Å². The molecule has 184 valence electrons. The molecule has 0 heterocycles. The number of nitrogens with one attached hydrogen (secondary N) is 1. The number of hydrogen-bond acceptors (Lipinski definition) is 3. The van der Waals surface area contributed by atoms with E-state index >= 15 is 0 Å². The molecule has 0 aliphatic heterocycles. The van der Waals surface area contributed by atoms with Crippen LogP contribution in [0.15, 0.2) is 78.9 Å². The van der Waals surface area contributed by atoms with Crippen LogP contribution in [0.3, 0.4) is 0 Å². The molecule has 5 nitrogen and oxygen atoms in total. The molecular formula is C29H33FN2O3. The van der Waals surface area contributed by atoms with Crippen molar-refractivity contribution in [2.75, 3.05) is 7.11 Å². The average Bonchev–Trinajstić information content (AvgIpc) is 2.82. The van der Waals surface area contributed by atoms with Crippen LogP contribution in [0.4, 0.5) is 4.39 Å². The Balaban J connectivity index is 2.01. The maximum Gasteiger partial charge on any atom is 0.243 e. The van der Waals surface area contributed by atoms with Crippen molar-refractivity contribution in [3.8, 4) is 5.75 Å². The highest BCUT2D eigenvalue weighted by Gasteiger charge is 2.32. The van der Waals surface area contributed by atoms with Gasteiger partial charge in [0.05, 0.1) is 13.5 Å². The molecule has 0 fully saturated rings. The number of carbonyl (C=O) groups is 2. The van der Waals surface area contributed by atoms with Gasteiger partial charge in [0.2, 0.25) is 11.8 Å². The topological polar surface area (TPSA) is 58.6 Å². The second-order valence-electron chi connectivity index (χ2n) is 9.59.